The molecule has 3 rings (SSSR count). The van der Waals surface area contributed by atoms with Crippen LogP contribution in [-0.2, 0) is 0 Å². The van der Waals surface area contributed by atoms with E-state index in [1.54, 1.807) is 12.4 Å². The quantitative estimate of drug-likeness (QED) is 0.943. The third kappa shape index (κ3) is 2.83. The van der Waals surface area contributed by atoms with Crippen LogP contribution in [0.4, 0.5) is 0 Å². The number of hydrogen-bond donors (Lipinski definition) is 1. The summed E-state index contributed by atoms with van der Waals surface area (Å²) in [5.74, 6) is 0.419. The summed E-state index contributed by atoms with van der Waals surface area (Å²) in [4.78, 5) is 19.3. The van der Waals surface area contributed by atoms with Crippen LogP contribution in [0.1, 0.15) is 43.5 Å². The first-order valence-corrected chi connectivity index (χ1v) is 8.33. The summed E-state index contributed by atoms with van der Waals surface area (Å²) >= 11 is 0. The van der Waals surface area contributed by atoms with Gasteiger partial charge in [-0.25, -0.2) is 0 Å². The molecule has 122 valence electrons. The highest BCUT2D eigenvalue weighted by molar-refractivity contribution is 6.06. The average molecular weight is 312 g/mol. The lowest BCUT2D eigenvalue weighted by Crippen LogP contribution is -2.51. The molecular weight excluding hydrogens is 288 g/mol. The fraction of sp³-hybridized carbons (Fsp3) is 0.474. The van der Waals surface area contributed by atoms with Gasteiger partial charge >= 0.3 is 0 Å². The van der Waals surface area contributed by atoms with Crippen LogP contribution in [0.25, 0.3) is 10.8 Å². The zero-order valence-electron chi connectivity index (χ0n) is 13.8. The molecule has 2 aromatic rings. The Labute approximate surface area is 137 Å². The molecule has 1 aliphatic heterocycles. The predicted octanol–water partition coefficient (Wildman–Crippen LogP) is 3.25. The number of fused-ring (bicyclic) bond motifs is 1. The van der Waals surface area contributed by atoms with E-state index in [9.17, 15) is 9.90 Å². The second-order valence-electron chi connectivity index (χ2n) is 6.95. The van der Waals surface area contributed by atoms with Crippen molar-refractivity contribution < 1.29 is 9.90 Å². The van der Waals surface area contributed by atoms with E-state index in [2.05, 4.69) is 18.8 Å². The van der Waals surface area contributed by atoms with E-state index in [0.717, 1.165) is 30.0 Å². The highest BCUT2D eigenvalue weighted by Gasteiger charge is 2.43. The smallest absolute Gasteiger partial charge is 0.256 e. The summed E-state index contributed by atoms with van der Waals surface area (Å²) < 4.78 is 0. The van der Waals surface area contributed by atoms with E-state index in [1.165, 1.54) is 0 Å². The molecule has 1 aromatic heterocycles. The van der Waals surface area contributed by atoms with E-state index < -0.39 is 5.54 Å². The number of nitrogens with zero attached hydrogens (tertiary/aromatic N) is 2. The summed E-state index contributed by atoms with van der Waals surface area (Å²) in [6.45, 7) is 5.00. The summed E-state index contributed by atoms with van der Waals surface area (Å²) in [6, 6.07) is 7.82. The third-order valence-electron chi connectivity index (χ3n) is 4.82. The molecule has 1 atom stereocenters. The van der Waals surface area contributed by atoms with E-state index in [4.69, 9.17) is 0 Å². The number of hydrogen-bond acceptors (Lipinski definition) is 3. The molecular formula is C19H24N2O2. The van der Waals surface area contributed by atoms with Gasteiger partial charge in [0.25, 0.3) is 5.91 Å². The van der Waals surface area contributed by atoms with Crippen LogP contribution in [0.5, 0.6) is 0 Å². The molecule has 23 heavy (non-hydrogen) atoms. The number of carbonyl (C=O) groups is 1. The van der Waals surface area contributed by atoms with Crippen molar-refractivity contribution in [3.05, 3.63) is 42.2 Å². The standard InChI is InChI=1S/C19H24N2O2/c1-14(2)10-19(13-22)8-5-9-21(19)18(23)17-12-20-11-15-6-3-4-7-16(15)17/h3-4,6-7,11-12,14,22H,5,8-10,13H2,1-2H3/t19-/m1/s1. The molecule has 0 saturated carbocycles. The summed E-state index contributed by atoms with van der Waals surface area (Å²) in [5, 5.41) is 11.9. The molecule has 0 bridgehead atoms. The molecule has 1 fully saturated rings. The molecule has 0 unspecified atom stereocenters. The lowest BCUT2D eigenvalue weighted by atomic mass is 9.86. The van der Waals surface area contributed by atoms with E-state index in [-0.39, 0.29) is 12.5 Å². The van der Waals surface area contributed by atoms with Crippen molar-refractivity contribution in [3.8, 4) is 0 Å². The minimum absolute atomic E-state index is 0.0125. The molecule has 0 spiro atoms. The van der Waals surface area contributed by atoms with Crippen LogP contribution >= 0.6 is 0 Å². The lowest BCUT2D eigenvalue weighted by molar-refractivity contribution is 0.0334. The highest BCUT2D eigenvalue weighted by atomic mass is 16.3. The topological polar surface area (TPSA) is 53.4 Å². The molecule has 0 radical (unpaired) electrons. The van der Waals surface area contributed by atoms with Crippen molar-refractivity contribution in [2.75, 3.05) is 13.2 Å². The second kappa shape index (κ2) is 6.28. The Kier molecular flexibility index (Phi) is 4.35. The highest BCUT2D eigenvalue weighted by Crippen LogP contribution is 2.36. The van der Waals surface area contributed by atoms with Gasteiger partial charge in [0.2, 0.25) is 0 Å². The summed E-state index contributed by atoms with van der Waals surface area (Å²) in [6.07, 6.45) is 6.07. The molecule has 0 aliphatic carbocycles. The molecule has 2 heterocycles. The van der Waals surface area contributed by atoms with E-state index in [1.807, 2.05) is 29.2 Å². The molecule has 1 amide bonds. The Morgan fingerprint density at radius 3 is 2.87 bits per heavy atom. The number of aliphatic hydroxyl groups is 1. The molecule has 1 aliphatic rings. The number of aliphatic hydroxyl groups excluding tert-OH is 1. The van der Waals surface area contributed by atoms with Crippen LogP contribution in [0, 0.1) is 5.92 Å². The minimum atomic E-state index is -0.428. The average Bonchev–Trinajstić information content (AvgIpc) is 2.97. The van der Waals surface area contributed by atoms with Crippen LogP contribution in [0.2, 0.25) is 0 Å². The molecule has 1 N–H and O–H groups in total. The maximum atomic E-state index is 13.2. The Balaban J connectivity index is 2.01. The van der Waals surface area contributed by atoms with Gasteiger partial charge < -0.3 is 10.0 Å². The van der Waals surface area contributed by atoms with Gasteiger partial charge in [-0.15, -0.1) is 0 Å². The Bertz CT molecular complexity index is 708. The van der Waals surface area contributed by atoms with Crippen molar-refractivity contribution in [2.45, 2.75) is 38.6 Å². The van der Waals surface area contributed by atoms with Crippen molar-refractivity contribution >= 4 is 16.7 Å². The van der Waals surface area contributed by atoms with Gasteiger partial charge in [-0.05, 0) is 30.6 Å². The third-order valence-corrected chi connectivity index (χ3v) is 4.82. The van der Waals surface area contributed by atoms with Crippen molar-refractivity contribution in [1.82, 2.24) is 9.88 Å². The largest absolute Gasteiger partial charge is 0.394 e. The number of carbonyl (C=O) groups excluding carboxylic acids is 1. The van der Waals surface area contributed by atoms with Crippen LogP contribution in [0.15, 0.2) is 36.7 Å². The molecule has 1 saturated heterocycles. The Morgan fingerprint density at radius 1 is 1.35 bits per heavy atom. The van der Waals surface area contributed by atoms with Crippen molar-refractivity contribution in [3.63, 3.8) is 0 Å². The van der Waals surface area contributed by atoms with Gasteiger partial charge in [0.1, 0.15) is 0 Å². The minimum Gasteiger partial charge on any atom is -0.394 e. The Morgan fingerprint density at radius 2 is 2.13 bits per heavy atom. The lowest BCUT2D eigenvalue weighted by Gasteiger charge is -2.38. The fourth-order valence-corrected chi connectivity index (χ4v) is 3.89. The second-order valence-corrected chi connectivity index (χ2v) is 6.95. The first-order valence-electron chi connectivity index (χ1n) is 8.33. The van der Waals surface area contributed by atoms with Gasteiger partial charge in [0.15, 0.2) is 0 Å². The van der Waals surface area contributed by atoms with Gasteiger partial charge in [-0.2, -0.15) is 0 Å². The molecule has 4 heteroatoms. The fourth-order valence-electron chi connectivity index (χ4n) is 3.89. The van der Waals surface area contributed by atoms with Gasteiger partial charge in [-0.3, -0.25) is 9.78 Å². The van der Waals surface area contributed by atoms with Crippen LogP contribution < -0.4 is 0 Å². The van der Waals surface area contributed by atoms with Crippen LogP contribution in [0.3, 0.4) is 0 Å². The van der Waals surface area contributed by atoms with Crippen LogP contribution in [-0.4, -0.2) is 39.6 Å². The first kappa shape index (κ1) is 15.9. The number of rotatable bonds is 4. The summed E-state index contributed by atoms with van der Waals surface area (Å²) in [5.41, 5.74) is 0.203. The molecule has 1 aromatic carbocycles. The van der Waals surface area contributed by atoms with E-state index in [0.29, 0.717) is 18.0 Å². The molecule has 4 nitrogen and oxygen atoms in total. The van der Waals surface area contributed by atoms with Crippen molar-refractivity contribution in [2.24, 2.45) is 5.92 Å². The number of benzene rings is 1. The first-order chi connectivity index (χ1) is 11.1. The van der Waals surface area contributed by atoms with E-state index >= 15 is 0 Å². The monoisotopic (exact) mass is 312 g/mol. The number of aromatic nitrogens is 1. The van der Waals surface area contributed by atoms with Gasteiger partial charge in [0, 0.05) is 24.3 Å². The predicted molar refractivity (Wildman–Crippen MR) is 91.3 cm³/mol. The zero-order valence-corrected chi connectivity index (χ0v) is 13.8. The number of pyridine rings is 1. The zero-order chi connectivity index (χ0) is 16.4. The maximum absolute atomic E-state index is 13.2. The van der Waals surface area contributed by atoms with Crippen molar-refractivity contribution in [1.29, 1.82) is 0 Å². The maximum Gasteiger partial charge on any atom is 0.256 e. The Hall–Kier alpha value is -1.94. The number of likely N-dealkylation sites (tertiary alicyclic amines) is 1. The van der Waals surface area contributed by atoms with Gasteiger partial charge in [0.05, 0.1) is 17.7 Å². The van der Waals surface area contributed by atoms with Gasteiger partial charge in [-0.1, -0.05) is 38.1 Å². The normalized spacial score (nSPS) is 21.3. The number of amides is 1. The SMILES string of the molecule is CC(C)C[C@@]1(CO)CCCN1C(=O)c1cncc2ccccc12. The summed E-state index contributed by atoms with van der Waals surface area (Å²) in [7, 11) is 0.